The van der Waals surface area contributed by atoms with E-state index in [-0.39, 0.29) is 10.3 Å². The summed E-state index contributed by atoms with van der Waals surface area (Å²) in [5.41, 5.74) is 0.444. The van der Waals surface area contributed by atoms with Gasteiger partial charge in [-0.1, -0.05) is 0 Å². The first kappa shape index (κ1) is 14.1. The standard InChI is InChI=1S/C13H14N2O4S/c1-17-9-6-8(7-10(18-2)12(9)19-3)15-5-4-11(16)14-13(15)20/h4-7H,1-3H3,(H,14,16,20). The Bertz CT molecular complexity index is 711. The summed E-state index contributed by atoms with van der Waals surface area (Å²) < 4.78 is 17.7. The fraction of sp³-hybridized carbons (Fsp3) is 0.231. The number of aromatic amines is 1. The lowest BCUT2D eigenvalue weighted by Crippen LogP contribution is -2.10. The van der Waals surface area contributed by atoms with Crippen molar-refractivity contribution in [1.82, 2.24) is 9.55 Å². The van der Waals surface area contributed by atoms with Crippen LogP contribution in [0.2, 0.25) is 0 Å². The van der Waals surface area contributed by atoms with Gasteiger partial charge in [-0.2, -0.15) is 0 Å². The summed E-state index contributed by atoms with van der Waals surface area (Å²) >= 11 is 5.14. The molecule has 6 nitrogen and oxygen atoms in total. The Hall–Kier alpha value is -2.28. The minimum atomic E-state index is -0.251. The lowest BCUT2D eigenvalue weighted by molar-refractivity contribution is 0.324. The van der Waals surface area contributed by atoms with Gasteiger partial charge in [0.15, 0.2) is 16.3 Å². The van der Waals surface area contributed by atoms with E-state index in [1.54, 1.807) is 22.9 Å². The highest BCUT2D eigenvalue weighted by atomic mass is 32.1. The molecule has 0 saturated carbocycles. The Morgan fingerprint density at radius 2 is 1.70 bits per heavy atom. The summed E-state index contributed by atoms with van der Waals surface area (Å²) in [5, 5.41) is 0. The predicted molar refractivity (Wildman–Crippen MR) is 76.9 cm³/mol. The van der Waals surface area contributed by atoms with Gasteiger partial charge in [-0.25, -0.2) is 0 Å². The highest BCUT2D eigenvalue weighted by Gasteiger charge is 2.14. The van der Waals surface area contributed by atoms with Crippen LogP contribution in [0.15, 0.2) is 29.2 Å². The van der Waals surface area contributed by atoms with Gasteiger partial charge in [0, 0.05) is 24.4 Å². The summed E-state index contributed by atoms with van der Waals surface area (Å²) in [6.07, 6.45) is 1.59. The van der Waals surface area contributed by atoms with Crippen molar-refractivity contribution in [1.29, 1.82) is 0 Å². The predicted octanol–water partition coefficient (Wildman–Crippen LogP) is 1.92. The number of aromatic nitrogens is 2. The maximum atomic E-state index is 11.2. The van der Waals surface area contributed by atoms with Crippen LogP contribution in [0.5, 0.6) is 17.2 Å². The molecule has 0 radical (unpaired) electrons. The number of hydrogen-bond acceptors (Lipinski definition) is 5. The van der Waals surface area contributed by atoms with Crippen molar-refractivity contribution >= 4 is 12.2 Å². The summed E-state index contributed by atoms with van der Waals surface area (Å²) in [7, 11) is 4.60. The third-order valence-corrected chi connectivity index (χ3v) is 3.05. The maximum Gasteiger partial charge on any atom is 0.251 e. The van der Waals surface area contributed by atoms with Crippen molar-refractivity contribution in [2.24, 2.45) is 0 Å². The van der Waals surface area contributed by atoms with E-state index in [0.717, 1.165) is 0 Å². The minimum Gasteiger partial charge on any atom is -0.493 e. The molecule has 1 N–H and O–H groups in total. The number of benzene rings is 1. The molecule has 20 heavy (non-hydrogen) atoms. The van der Waals surface area contributed by atoms with Gasteiger partial charge in [0.2, 0.25) is 5.75 Å². The first-order valence-electron chi connectivity index (χ1n) is 5.73. The second kappa shape index (κ2) is 5.79. The van der Waals surface area contributed by atoms with Gasteiger partial charge in [0.1, 0.15) is 0 Å². The normalized spacial score (nSPS) is 10.2. The SMILES string of the molecule is COc1cc(-n2ccc(=O)[nH]c2=S)cc(OC)c1OC. The molecule has 1 heterocycles. The zero-order valence-corrected chi connectivity index (χ0v) is 12.1. The van der Waals surface area contributed by atoms with Crippen LogP contribution in [0.1, 0.15) is 0 Å². The third kappa shape index (κ3) is 2.53. The largest absolute Gasteiger partial charge is 0.493 e. The Morgan fingerprint density at radius 1 is 1.10 bits per heavy atom. The molecular formula is C13H14N2O4S. The van der Waals surface area contributed by atoms with Crippen molar-refractivity contribution in [3.63, 3.8) is 0 Å². The maximum absolute atomic E-state index is 11.2. The number of nitrogens with one attached hydrogen (secondary N) is 1. The van der Waals surface area contributed by atoms with E-state index in [1.807, 2.05) is 0 Å². The van der Waals surface area contributed by atoms with Crippen LogP contribution in [0, 0.1) is 4.77 Å². The Kier molecular flexibility index (Phi) is 4.09. The molecule has 0 bridgehead atoms. The molecule has 0 aliphatic heterocycles. The van der Waals surface area contributed by atoms with Gasteiger partial charge < -0.3 is 14.2 Å². The van der Waals surface area contributed by atoms with E-state index in [9.17, 15) is 4.79 Å². The number of H-pyrrole nitrogens is 1. The Balaban J connectivity index is 2.69. The number of methoxy groups -OCH3 is 3. The topological polar surface area (TPSA) is 65.5 Å². The second-order valence-electron chi connectivity index (χ2n) is 3.86. The Morgan fingerprint density at radius 3 is 2.15 bits per heavy atom. The van der Waals surface area contributed by atoms with Gasteiger partial charge in [-0.15, -0.1) is 0 Å². The quantitative estimate of drug-likeness (QED) is 0.873. The number of nitrogens with zero attached hydrogens (tertiary/aromatic N) is 1. The Labute approximate surface area is 120 Å². The summed E-state index contributed by atoms with van der Waals surface area (Å²) in [4.78, 5) is 13.8. The molecule has 0 aliphatic rings. The first-order chi connectivity index (χ1) is 9.60. The van der Waals surface area contributed by atoms with Crippen LogP contribution in [-0.2, 0) is 0 Å². The van der Waals surface area contributed by atoms with Crippen molar-refractivity contribution in [3.8, 4) is 22.9 Å². The van der Waals surface area contributed by atoms with Crippen LogP contribution in [0.25, 0.3) is 5.69 Å². The molecule has 0 amide bonds. The lowest BCUT2D eigenvalue weighted by atomic mass is 10.2. The molecule has 0 saturated heterocycles. The van der Waals surface area contributed by atoms with Gasteiger partial charge in [0.05, 0.1) is 27.0 Å². The van der Waals surface area contributed by atoms with E-state index < -0.39 is 0 Å². The smallest absolute Gasteiger partial charge is 0.251 e. The lowest BCUT2D eigenvalue weighted by Gasteiger charge is -2.15. The number of ether oxygens (including phenoxy) is 3. The summed E-state index contributed by atoms with van der Waals surface area (Å²) in [6, 6.07) is 4.88. The van der Waals surface area contributed by atoms with Gasteiger partial charge in [-0.3, -0.25) is 14.3 Å². The molecule has 0 aliphatic carbocycles. The van der Waals surface area contributed by atoms with E-state index in [0.29, 0.717) is 22.9 Å². The van der Waals surface area contributed by atoms with Gasteiger partial charge >= 0.3 is 0 Å². The fourth-order valence-electron chi connectivity index (χ4n) is 1.83. The molecule has 0 spiro atoms. The van der Waals surface area contributed by atoms with E-state index in [4.69, 9.17) is 26.4 Å². The van der Waals surface area contributed by atoms with Crippen LogP contribution in [0.3, 0.4) is 0 Å². The van der Waals surface area contributed by atoms with Crippen molar-refractivity contribution in [2.75, 3.05) is 21.3 Å². The monoisotopic (exact) mass is 294 g/mol. The fourth-order valence-corrected chi connectivity index (χ4v) is 2.09. The second-order valence-corrected chi connectivity index (χ2v) is 4.25. The van der Waals surface area contributed by atoms with E-state index in [2.05, 4.69) is 4.98 Å². The summed E-state index contributed by atoms with van der Waals surface area (Å²) in [6.45, 7) is 0. The average Bonchev–Trinajstić information content (AvgIpc) is 2.45. The zero-order chi connectivity index (χ0) is 14.7. The van der Waals surface area contributed by atoms with Gasteiger partial charge in [0.25, 0.3) is 5.56 Å². The highest BCUT2D eigenvalue weighted by molar-refractivity contribution is 7.71. The van der Waals surface area contributed by atoms with Crippen LogP contribution >= 0.6 is 12.2 Å². The van der Waals surface area contributed by atoms with Crippen LogP contribution < -0.4 is 19.8 Å². The van der Waals surface area contributed by atoms with Crippen molar-refractivity contribution in [3.05, 3.63) is 39.5 Å². The molecule has 2 aromatic rings. The van der Waals surface area contributed by atoms with E-state index >= 15 is 0 Å². The van der Waals surface area contributed by atoms with Crippen LogP contribution in [0.4, 0.5) is 0 Å². The van der Waals surface area contributed by atoms with Crippen LogP contribution in [-0.4, -0.2) is 30.9 Å². The van der Waals surface area contributed by atoms with Crippen molar-refractivity contribution in [2.45, 2.75) is 0 Å². The number of rotatable bonds is 4. The third-order valence-electron chi connectivity index (χ3n) is 2.75. The molecule has 0 atom stereocenters. The molecule has 0 fully saturated rings. The minimum absolute atomic E-state index is 0.251. The molecule has 0 unspecified atom stereocenters. The zero-order valence-electron chi connectivity index (χ0n) is 11.3. The van der Waals surface area contributed by atoms with Gasteiger partial charge in [-0.05, 0) is 12.2 Å². The first-order valence-corrected chi connectivity index (χ1v) is 6.14. The molecular weight excluding hydrogens is 280 g/mol. The molecule has 2 rings (SSSR count). The van der Waals surface area contributed by atoms with E-state index in [1.165, 1.54) is 27.4 Å². The molecule has 7 heteroatoms. The molecule has 106 valence electrons. The average molecular weight is 294 g/mol. The number of hydrogen-bond donors (Lipinski definition) is 1. The van der Waals surface area contributed by atoms with Crippen molar-refractivity contribution < 1.29 is 14.2 Å². The molecule has 1 aromatic heterocycles. The highest BCUT2D eigenvalue weighted by Crippen LogP contribution is 2.39. The summed E-state index contributed by atoms with van der Waals surface area (Å²) in [5.74, 6) is 1.51. The molecule has 1 aromatic carbocycles.